The highest BCUT2D eigenvalue weighted by atomic mass is 14.3. The molecular formula is C16H20. The Morgan fingerprint density at radius 2 is 1.62 bits per heavy atom. The predicted octanol–water partition coefficient (Wildman–Crippen LogP) is 4.60. The Kier molecular flexibility index (Phi) is 2.82. The molecule has 0 unspecified atom stereocenters. The molecule has 1 fully saturated rings. The van der Waals surface area contributed by atoms with Crippen LogP contribution in [0.3, 0.4) is 0 Å². The van der Waals surface area contributed by atoms with E-state index in [9.17, 15) is 0 Å². The van der Waals surface area contributed by atoms with E-state index >= 15 is 0 Å². The van der Waals surface area contributed by atoms with Gasteiger partial charge >= 0.3 is 0 Å². The lowest BCUT2D eigenvalue weighted by atomic mass is 9.88. The van der Waals surface area contributed by atoms with Crippen molar-refractivity contribution >= 4 is 5.57 Å². The van der Waals surface area contributed by atoms with E-state index in [0.29, 0.717) is 0 Å². The number of hydrogen-bond acceptors (Lipinski definition) is 0. The molecule has 3 rings (SSSR count). The summed E-state index contributed by atoms with van der Waals surface area (Å²) in [5.74, 6) is 0.853. The molecule has 16 heavy (non-hydrogen) atoms. The van der Waals surface area contributed by atoms with Crippen molar-refractivity contribution in [3.63, 3.8) is 0 Å². The average Bonchev–Trinajstić information content (AvgIpc) is 2.57. The van der Waals surface area contributed by atoms with Crippen molar-refractivity contribution in [2.24, 2.45) is 5.92 Å². The highest BCUT2D eigenvalue weighted by Gasteiger charge is 2.22. The molecule has 0 radical (unpaired) electrons. The summed E-state index contributed by atoms with van der Waals surface area (Å²) >= 11 is 0. The van der Waals surface area contributed by atoms with Gasteiger partial charge in [0.1, 0.15) is 0 Å². The number of allylic oxidation sites excluding steroid dienone is 2. The van der Waals surface area contributed by atoms with Crippen molar-refractivity contribution in [1.82, 2.24) is 0 Å². The highest BCUT2D eigenvalue weighted by Crippen LogP contribution is 2.39. The average molecular weight is 212 g/mol. The molecule has 0 atom stereocenters. The minimum atomic E-state index is 0.853. The second-order valence-electron chi connectivity index (χ2n) is 5.21. The zero-order valence-electron chi connectivity index (χ0n) is 9.91. The topological polar surface area (TPSA) is 0 Å². The Balaban J connectivity index is 1.85. The Bertz CT molecular complexity index is 392. The van der Waals surface area contributed by atoms with Crippen LogP contribution in [0.4, 0.5) is 0 Å². The maximum Gasteiger partial charge on any atom is -0.00853 e. The summed E-state index contributed by atoms with van der Waals surface area (Å²) in [6.07, 6.45) is 12.3. The Morgan fingerprint density at radius 1 is 0.875 bits per heavy atom. The summed E-state index contributed by atoms with van der Waals surface area (Å²) < 4.78 is 0. The monoisotopic (exact) mass is 212 g/mol. The van der Waals surface area contributed by atoms with Gasteiger partial charge in [-0.15, -0.1) is 0 Å². The second-order valence-corrected chi connectivity index (χ2v) is 5.21. The quantitative estimate of drug-likeness (QED) is 0.597. The first-order valence-corrected chi connectivity index (χ1v) is 6.73. The van der Waals surface area contributed by atoms with Gasteiger partial charge in [-0.1, -0.05) is 56.0 Å². The predicted molar refractivity (Wildman–Crippen MR) is 69.3 cm³/mol. The maximum atomic E-state index is 2.49. The first-order chi connectivity index (χ1) is 7.95. The number of hydrogen-bond donors (Lipinski definition) is 0. The Labute approximate surface area is 98.4 Å². The molecule has 0 nitrogen and oxygen atoms in total. The molecule has 0 heterocycles. The summed E-state index contributed by atoms with van der Waals surface area (Å²) in [6, 6.07) is 8.96. The summed E-state index contributed by atoms with van der Waals surface area (Å²) in [7, 11) is 0. The van der Waals surface area contributed by atoms with Crippen molar-refractivity contribution in [3.05, 3.63) is 41.5 Å². The van der Waals surface area contributed by atoms with E-state index in [2.05, 4.69) is 30.3 Å². The second kappa shape index (κ2) is 4.45. The minimum absolute atomic E-state index is 0.853. The van der Waals surface area contributed by atoms with Crippen LogP contribution in [-0.2, 0) is 6.42 Å². The third-order valence-electron chi connectivity index (χ3n) is 4.17. The lowest BCUT2D eigenvalue weighted by molar-refractivity contribution is 0.575. The normalized spacial score (nSPS) is 21.4. The van der Waals surface area contributed by atoms with E-state index in [0.717, 1.165) is 5.92 Å². The summed E-state index contributed by atoms with van der Waals surface area (Å²) in [5, 5.41) is 0. The van der Waals surface area contributed by atoms with Gasteiger partial charge in [-0.05, 0) is 41.9 Å². The summed E-state index contributed by atoms with van der Waals surface area (Å²) in [6.45, 7) is 0. The lowest BCUT2D eigenvalue weighted by Gasteiger charge is -2.17. The lowest BCUT2D eigenvalue weighted by Crippen LogP contribution is -2.01. The van der Waals surface area contributed by atoms with E-state index < -0.39 is 0 Å². The van der Waals surface area contributed by atoms with Gasteiger partial charge in [-0.25, -0.2) is 0 Å². The van der Waals surface area contributed by atoms with Gasteiger partial charge in [0, 0.05) is 0 Å². The van der Waals surface area contributed by atoms with Gasteiger partial charge in [0.25, 0.3) is 0 Å². The standard InChI is InChI=1S/C16H20/c1-2-4-8-13(7-3-1)16-12-11-14-9-5-6-10-15(14)16/h5-6,9-10,12-13H,1-4,7-8,11H2. The molecule has 0 amide bonds. The van der Waals surface area contributed by atoms with Gasteiger partial charge in [0.2, 0.25) is 0 Å². The maximum absolute atomic E-state index is 2.49. The van der Waals surface area contributed by atoms with E-state index in [-0.39, 0.29) is 0 Å². The molecule has 2 aliphatic carbocycles. The van der Waals surface area contributed by atoms with Crippen LogP contribution in [0.1, 0.15) is 49.7 Å². The van der Waals surface area contributed by atoms with Crippen LogP contribution in [0.2, 0.25) is 0 Å². The summed E-state index contributed by atoms with van der Waals surface area (Å²) in [5.41, 5.74) is 4.76. The van der Waals surface area contributed by atoms with Gasteiger partial charge in [0.15, 0.2) is 0 Å². The SMILES string of the molecule is C1=C(C2CCCCCC2)c2ccccc2C1. The molecule has 0 heteroatoms. The van der Waals surface area contributed by atoms with Crippen molar-refractivity contribution in [3.8, 4) is 0 Å². The van der Waals surface area contributed by atoms with Crippen LogP contribution >= 0.6 is 0 Å². The van der Waals surface area contributed by atoms with Crippen LogP contribution in [-0.4, -0.2) is 0 Å². The molecule has 0 spiro atoms. The van der Waals surface area contributed by atoms with Crippen molar-refractivity contribution in [1.29, 1.82) is 0 Å². The van der Waals surface area contributed by atoms with Gasteiger partial charge in [-0.3, -0.25) is 0 Å². The Hall–Kier alpha value is -1.04. The smallest absolute Gasteiger partial charge is 0.00853 e. The molecule has 1 aromatic carbocycles. The molecule has 0 aliphatic heterocycles. The van der Waals surface area contributed by atoms with E-state index in [1.165, 1.54) is 44.9 Å². The van der Waals surface area contributed by atoms with Crippen molar-refractivity contribution in [2.75, 3.05) is 0 Å². The summed E-state index contributed by atoms with van der Waals surface area (Å²) in [4.78, 5) is 0. The zero-order chi connectivity index (χ0) is 10.8. The van der Waals surface area contributed by atoms with Crippen LogP contribution in [0.15, 0.2) is 30.3 Å². The van der Waals surface area contributed by atoms with E-state index in [4.69, 9.17) is 0 Å². The van der Waals surface area contributed by atoms with E-state index in [1.54, 1.807) is 16.7 Å². The zero-order valence-corrected chi connectivity index (χ0v) is 9.91. The number of rotatable bonds is 1. The molecule has 1 saturated carbocycles. The third kappa shape index (κ3) is 1.81. The minimum Gasteiger partial charge on any atom is -0.0760 e. The molecule has 0 saturated heterocycles. The first kappa shape index (κ1) is 10.1. The fourth-order valence-electron chi connectivity index (χ4n) is 3.29. The van der Waals surface area contributed by atoms with Crippen LogP contribution in [0.5, 0.6) is 0 Å². The molecule has 84 valence electrons. The van der Waals surface area contributed by atoms with Gasteiger partial charge in [0.05, 0.1) is 0 Å². The molecule has 0 N–H and O–H groups in total. The third-order valence-corrected chi connectivity index (χ3v) is 4.17. The number of fused-ring (bicyclic) bond motifs is 1. The van der Waals surface area contributed by atoms with Crippen LogP contribution < -0.4 is 0 Å². The molecule has 2 aliphatic rings. The molecule has 1 aromatic rings. The van der Waals surface area contributed by atoms with Crippen molar-refractivity contribution < 1.29 is 0 Å². The van der Waals surface area contributed by atoms with Crippen LogP contribution in [0, 0.1) is 5.92 Å². The fraction of sp³-hybridized carbons (Fsp3) is 0.500. The molecule has 0 bridgehead atoms. The number of benzene rings is 1. The largest absolute Gasteiger partial charge is 0.0760 e. The fourth-order valence-corrected chi connectivity index (χ4v) is 3.29. The van der Waals surface area contributed by atoms with Gasteiger partial charge < -0.3 is 0 Å². The first-order valence-electron chi connectivity index (χ1n) is 6.73. The molecule has 0 aromatic heterocycles. The molecular weight excluding hydrogens is 192 g/mol. The van der Waals surface area contributed by atoms with Crippen LogP contribution in [0.25, 0.3) is 5.57 Å². The van der Waals surface area contributed by atoms with E-state index in [1.807, 2.05) is 0 Å². The van der Waals surface area contributed by atoms with Gasteiger partial charge in [-0.2, -0.15) is 0 Å². The highest BCUT2D eigenvalue weighted by molar-refractivity contribution is 5.74. The Morgan fingerprint density at radius 3 is 2.44 bits per heavy atom. The van der Waals surface area contributed by atoms with Crippen molar-refractivity contribution in [2.45, 2.75) is 44.9 Å².